The fourth-order valence-corrected chi connectivity index (χ4v) is 2.77. The normalized spacial score (nSPS) is 21.5. The SMILES string of the molecule is Cl.O=C(NCc1cc(-c2ccc(C(F)(F)F)nc2)ncn1)[C@@H]1CC(F)(CF)CN1. The van der Waals surface area contributed by atoms with E-state index in [1.165, 1.54) is 18.5 Å². The topological polar surface area (TPSA) is 79.8 Å². The number of carbonyl (C=O) groups is 1. The van der Waals surface area contributed by atoms with E-state index < -0.39 is 36.2 Å². The molecule has 0 radical (unpaired) electrons. The van der Waals surface area contributed by atoms with Gasteiger partial charge in [-0.25, -0.2) is 18.7 Å². The number of hydrogen-bond donors (Lipinski definition) is 2. The van der Waals surface area contributed by atoms with E-state index in [1.807, 2.05) is 0 Å². The van der Waals surface area contributed by atoms with Crippen LogP contribution in [0.4, 0.5) is 22.0 Å². The Morgan fingerprint density at radius 1 is 1.28 bits per heavy atom. The summed E-state index contributed by atoms with van der Waals surface area (Å²) in [6, 6.07) is 2.73. The van der Waals surface area contributed by atoms with E-state index in [-0.39, 0.29) is 31.9 Å². The van der Waals surface area contributed by atoms with E-state index in [1.54, 1.807) is 0 Å². The van der Waals surface area contributed by atoms with Crippen LogP contribution in [0.3, 0.4) is 0 Å². The molecule has 3 rings (SSSR count). The van der Waals surface area contributed by atoms with Crippen molar-refractivity contribution in [2.24, 2.45) is 0 Å². The van der Waals surface area contributed by atoms with Crippen LogP contribution in [0.1, 0.15) is 17.8 Å². The number of rotatable bonds is 5. The fourth-order valence-electron chi connectivity index (χ4n) is 2.77. The maximum atomic E-state index is 13.8. The minimum atomic E-state index is -4.53. The van der Waals surface area contributed by atoms with Crippen LogP contribution >= 0.6 is 12.4 Å². The van der Waals surface area contributed by atoms with Gasteiger partial charge >= 0.3 is 6.18 Å². The van der Waals surface area contributed by atoms with E-state index in [0.717, 1.165) is 12.3 Å². The van der Waals surface area contributed by atoms with Crippen LogP contribution in [0.15, 0.2) is 30.7 Å². The summed E-state index contributed by atoms with van der Waals surface area (Å²) in [4.78, 5) is 23.4. The fraction of sp³-hybridized carbons (Fsp3) is 0.412. The van der Waals surface area contributed by atoms with Crippen LogP contribution in [-0.4, -0.2) is 45.8 Å². The van der Waals surface area contributed by atoms with Gasteiger partial charge in [0, 0.05) is 24.7 Å². The summed E-state index contributed by atoms with van der Waals surface area (Å²) in [6.07, 6.45) is -2.54. The van der Waals surface area contributed by atoms with Gasteiger partial charge in [0.15, 0.2) is 5.67 Å². The molecule has 2 aromatic rings. The maximum absolute atomic E-state index is 13.8. The van der Waals surface area contributed by atoms with E-state index in [9.17, 15) is 26.7 Å². The summed E-state index contributed by atoms with van der Waals surface area (Å²) in [5.74, 6) is -0.496. The number of amides is 1. The molecule has 6 nitrogen and oxygen atoms in total. The first-order valence-corrected chi connectivity index (χ1v) is 8.31. The summed E-state index contributed by atoms with van der Waals surface area (Å²) in [5, 5.41) is 5.19. The van der Waals surface area contributed by atoms with Crippen molar-refractivity contribution in [2.75, 3.05) is 13.2 Å². The minimum Gasteiger partial charge on any atom is -0.349 e. The van der Waals surface area contributed by atoms with Crippen LogP contribution in [0, 0.1) is 0 Å². The van der Waals surface area contributed by atoms with Crippen LogP contribution in [0.2, 0.25) is 0 Å². The summed E-state index contributed by atoms with van der Waals surface area (Å²) in [6.45, 7) is -1.41. The number of alkyl halides is 5. The summed E-state index contributed by atoms with van der Waals surface area (Å²) < 4.78 is 64.2. The third-order valence-electron chi connectivity index (χ3n) is 4.31. The van der Waals surface area contributed by atoms with Crippen molar-refractivity contribution in [1.29, 1.82) is 0 Å². The van der Waals surface area contributed by atoms with Crippen molar-refractivity contribution in [3.8, 4) is 11.3 Å². The molecule has 29 heavy (non-hydrogen) atoms. The molecule has 0 aliphatic carbocycles. The van der Waals surface area contributed by atoms with Gasteiger partial charge in [0.25, 0.3) is 0 Å². The van der Waals surface area contributed by atoms with Gasteiger partial charge in [0.2, 0.25) is 5.91 Å². The van der Waals surface area contributed by atoms with Gasteiger partial charge in [-0.1, -0.05) is 0 Å². The second-order valence-corrected chi connectivity index (χ2v) is 6.46. The number of halogens is 6. The van der Waals surface area contributed by atoms with Gasteiger partial charge < -0.3 is 10.6 Å². The number of nitrogens with zero attached hydrogens (tertiary/aromatic N) is 3. The van der Waals surface area contributed by atoms with Crippen LogP contribution < -0.4 is 10.6 Å². The van der Waals surface area contributed by atoms with E-state index in [4.69, 9.17) is 0 Å². The highest BCUT2D eigenvalue weighted by Crippen LogP contribution is 2.28. The molecule has 0 bridgehead atoms. The zero-order valence-corrected chi connectivity index (χ0v) is 15.7. The third-order valence-corrected chi connectivity index (χ3v) is 4.31. The molecular weight excluding hydrogens is 421 g/mol. The Labute approximate surface area is 168 Å². The van der Waals surface area contributed by atoms with Gasteiger partial charge in [-0.05, 0) is 18.2 Å². The molecule has 1 unspecified atom stereocenters. The molecule has 1 fully saturated rings. The molecule has 0 saturated carbocycles. The van der Waals surface area contributed by atoms with E-state index >= 15 is 0 Å². The van der Waals surface area contributed by atoms with Gasteiger partial charge in [0.1, 0.15) is 18.7 Å². The molecule has 1 saturated heterocycles. The van der Waals surface area contributed by atoms with Crippen LogP contribution in [0.25, 0.3) is 11.3 Å². The van der Waals surface area contributed by atoms with Crippen molar-refractivity contribution in [3.05, 3.63) is 42.1 Å². The number of pyridine rings is 1. The second kappa shape index (κ2) is 8.95. The number of hydrogen-bond acceptors (Lipinski definition) is 5. The van der Waals surface area contributed by atoms with E-state index in [2.05, 4.69) is 25.6 Å². The monoisotopic (exact) mass is 437 g/mol. The lowest BCUT2D eigenvalue weighted by Gasteiger charge is -2.13. The number of nitrogens with one attached hydrogen (secondary N) is 2. The Kier molecular flexibility index (Phi) is 7.06. The quantitative estimate of drug-likeness (QED) is 0.703. The van der Waals surface area contributed by atoms with Crippen molar-refractivity contribution >= 4 is 18.3 Å². The zero-order chi connectivity index (χ0) is 20.4. The molecule has 0 aromatic carbocycles. The first-order valence-electron chi connectivity index (χ1n) is 8.31. The van der Waals surface area contributed by atoms with Crippen molar-refractivity contribution in [2.45, 2.75) is 30.9 Å². The number of carbonyl (C=O) groups excluding carboxylic acids is 1. The first-order chi connectivity index (χ1) is 13.2. The molecule has 3 heterocycles. The Morgan fingerprint density at radius 3 is 2.62 bits per heavy atom. The largest absolute Gasteiger partial charge is 0.433 e. The smallest absolute Gasteiger partial charge is 0.349 e. The highest BCUT2D eigenvalue weighted by Gasteiger charge is 2.42. The molecule has 2 N–H and O–H groups in total. The Hall–Kier alpha value is -2.40. The van der Waals surface area contributed by atoms with Gasteiger partial charge in [-0.15, -0.1) is 12.4 Å². The molecule has 2 aromatic heterocycles. The highest BCUT2D eigenvalue weighted by atomic mass is 35.5. The standard InChI is InChI=1S/C17H16F5N5O.ClH/c18-7-16(19)4-13(25-8-16)15(28)24-6-11-3-12(27-9-26-11)10-1-2-14(23-5-10)17(20,21)22;/h1-3,5,9,13,25H,4,6-8H2,(H,24,28);1H/t13-,16?;/m0./s1. The third kappa shape index (κ3) is 5.57. The van der Waals surface area contributed by atoms with Gasteiger partial charge in [-0.3, -0.25) is 9.78 Å². The van der Waals surface area contributed by atoms with Gasteiger partial charge in [-0.2, -0.15) is 13.2 Å². The van der Waals surface area contributed by atoms with Gasteiger partial charge in [0.05, 0.1) is 24.0 Å². The molecular formula is C17H17ClF5N5O. The summed E-state index contributed by atoms with van der Waals surface area (Å²) in [5.41, 5.74) is -1.97. The maximum Gasteiger partial charge on any atom is 0.433 e. The molecule has 158 valence electrons. The summed E-state index contributed by atoms with van der Waals surface area (Å²) in [7, 11) is 0. The second-order valence-electron chi connectivity index (χ2n) is 6.46. The Bertz CT molecular complexity index is 851. The molecule has 0 spiro atoms. The zero-order valence-electron chi connectivity index (χ0n) is 14.8. The van der Waals surface area contributed by atoms with Crippen LogP contribution in [0.5, 0.6) is 0 Å². The molecule has 1 amide bonds. The lowest BCUT2D eigenvalue weighted by atomic mass is 10.0. The lowest BCUT2D eigenvalue weighted by molar-refractivity contribution is -0.141. The van der Waals surface area contributed by atoms with Crippen molar-refractivity contribution in [3.63, 3.8) is 0 Å². The lowest BCUT2D eigenvalue weighted by Crippen LogP contribution is -2.40. The molecule has 1 aliphatic rings. The first kappa shape index (κ1) is 22.9. The van der Waals surface area contributed by atoms with Crippen molar-refractivity contribution < 1.29 is 26.7 Å². The molecule has 1 aliphatic heterocycles. The average Bonchev–Trinajstić information content (AvgIpc) is 3.09. The molecule has 2 atom stereocenters. The summed E-state index contributed by atoms with van der Waals surface area (Å²) >= 11 is 0. The molecule has 12 heteroatoms. The average molecular weight is 438 g/mol. The predicted molar refractivity (Wildman–Crippen MR) is 95.6 cm³/mol. The number of aromatic nitrogens is 3. The van der Waals surface area contributed by atoms with Crippen molar-refractivity contribution in [1.82, 2.24) is 25.6 Å². The minimum absolute atomic E-state index is 0. The van der Waals surface area contributed by atoms with Crippen LogP contribution in [-0.2, 0) is 17.5 Å². The predicted octanol–water partition coefficient (Wildman–Crippen LogP) is 2.64. The Morgan fingerprint density at radius 2 is 2.03 bits per heavy atom. The highest BCUT2D eigenvalue weighted by molar-refractivity contribution is 5.85. The van der Waals surface area contributed by atoms with E-state index in [0.29, 0.717) is 17.0 Å². The Balaban J connectivity index is 0.00000300.